The lowest BCUT2D eigenvalue weighted by molar-refractivity contribution is 0.251. The number of aromatic nitrogens is 2. The molecule has 1 fully saturated rings. The number of aromatic amines is 1. The minimum Gasteiger partial charge on any atom is -0.312 e. The first-order valence-electron chi connectivity index (χ1n) is 7.03. The van der Waals surface area contributed by atoms with Gasteiger partial charge < -0.3 is 5.32 Å². The first-order chi connectivity index (χ1) is 9.29. The average molecular weight is 300 g/mol. The van der Waals surface area contributed by atoms with Crippen LogP contribution in [-0.4, -0.2) is 48.1 Å². The Balaban J connectivity index is 1.89. The molecule has 114 valence electrons. The molecule has 1 aromatic heterocycles. The number of sulfonamides is 1. The van der Waals surface area contributed by atoms with Crippen molar-refractivity contribution in [2.45, 2.75) is 44.2 Å². The first kappa shape index (κ1) is 15.5. The Hall–Kier alpha value is -0.920. The summed E-state index contributed by atoms with van der Waals surface area (Å²) in [7, 11) is -3.39. The van der Waals surface area contributed by atoms with E-state index in [0.29, 0.717) is 19.0 Å². The predicted octanol–water partition coefficient (Wildman–Crippen LogP) is 1.20. The van der Waals surface area contributed by atoms with Crippen LogP contribution in [0.15, 0.2) is 17.3 Å². The van der Waals surface area contributed by atoms with Crippen molar-refractivity contribution >= 4 is 10.0 Å². The molecule has 0 spiro atoms. The molecule has 20 heavy (non-hydrogen) atoms. The first-order valence-corrected chi connectivity index (χ1v) is 8.47. The third-order valence-corrected chi connectivity index (χ3v) is 5.42. The van der Waals surface area contributed by atoms with E-state index in [1.54, 1.807) is 4.31 Å². The van der Waals surface area contributed by atoms with Crippen molar-refractivity contribution in [1.29, 1.82) is 0 Å². The molecular formula is C13H24N4O2S. The minimum absolute atomic E-state index is 0.110. The fraction of sp³-hybridized carbons (Fsp3) is 0.769. The van der Waals surface area contributed by atoms with Gasteiger partial charge in [-0.2, -0.15) is 9.40 Å². The maximum Gasteiger partial charge on any atom is 0.259 e. The summed E-state index contributed by atoms with van der Waals surface area (Å²) >= 11 is 0. The fourth-order valence-corrected chi connectivity index (χ4v) is 3.70. The van der Waals surface area contributed by atoms with Crippen LogP contribution in [0, 0.1) is 5.92 Å². The molecule has 1 aliphatic rings. The van der Waals surface area contributed by atoms with Crippen LogP contribution >= 0.6 is 0 Å². The van der Waals surface area contributed by atoms with E-state index < -0.39 is 10.0 Å². The van der Waals surface area contributed by atoms with Crippen LogP contribution in [0.25, 0.3) is 0 Å². The standard InChI is InChI=1S/C13H24N4O2S/c1-13(2,3)14-10-11-5-8-17(9-6-11)20(18,19)12-4-7-15-16-12/h4,7,11,14H,5-6,8-10H2,1-3H3,(H,15,16). The summed E-state index contributed by atoms with van der Waals surface area (Å²) in [6, 6.07) is 1.50. The molecule has 0 atom stereocenters. The van der Waals surface area contributed by atoms with E-state index in [1.165, 1.54) is 12.3 Å². The van der Waals surface area contributed by atoms with Gasteiger partial charge in [0.1, 0.15) is 0 Å². The van der Waals surface area contributed by atoms with Gasteiger partial charge in [-0.25, -0.2) is 8.42 Å². The van der Waals surface area contributed by atoms with Crippen molar-refractivity contribution in [2.75, 3.05) is 19.6 Å². The normalized spacial score (nSPS) is 19.4. The highest BCUT2D eigenvalue weighted by molar-refractivity contribution is 7.89. The van der Waals surface area contributed by atoms with Crippen LogP contribution in [-0.2, 0) is 10.0 Å². The Bertz CT molecular complexity index is 511. The Labute approximate surface area is 121 Å². The number of hydrogen-bond donors (Lipinski definition) is 2. The zero-order valence-corrected chi connectivity index (χ0v) is 13.2. The van der Waals surface area contributed by atoms with Gasteiger partial charge in [-0.05, 0) is 52.1 Å². The summed E-state index contributed by atoms with van der Waals surface area (Å²) in [5.41, 5.74) is 0.110. The number of H-pyrrole nitrogens is 1. The van der Waals surface area contributed by atoms with Crippen LogP contribution < -0.4 is 5.32 Å². The number of nitrogens with zero attached hydrogens (tertiary/aromatic N) is 2. The third kappa shape index (κ3) is 3.80. The second kappa shape index (κ2) is 5.83. The van der Waals surface area contributed by atoms with Crippen LogP contribution in [0.3, 0.4) is 0 Å². The number of hydrogen-bond acceptors (Lipinski definition) is 4. The number of nitrogens with one attached hydrogen (secondary N) is 2. The second-order valence-electron chi connectivity index (χ2n) is 6.40. The quantitative estimate of drug-likeness (QED) is 0.876. The molecule has 2 rings (SSSR count). The molecule has 6 nitrogen and oxygen atoms in total. The van der Waals surface area contributed by atoms with Gasteiger partial charge in [0.25, 0.3) is 10.0 Å². The van der Waals surface area contributed by atoms with Crippen molar-refractivity contribution in [3.05, 3.63) is 12.3 Å². The van der Waals surface area contributed by atoms with E-state index >= 15 is 0 Å². The van der Waals surface area contributed by atoms with Crippen molar-refractivity contribution in [3.63, 3.8) is 0 Å². The molecule has 0 radical (unpaired) electrons. The van der Waals surface area contributed by atoms with Gasteiger partial charge in [-0.1, -0.05) is 0 Å². The molecule has 0 aliphatic carbocycles. The number of rotatable bonds is 4. The van der Waals surface area contributed by atoms with Crippen molar-refractivity contribution in [1.82, 2.24) is 19.8 Å². The Morgan fingerprint density at radius 1 is 1.40 bits per heavy atom. The van der Waals surface area contributed by atoms with Gasteiger partial charge in [0.2, 0.25) is 0 Å². The monoisotopic (exact) mass is 300 g/mol. The maximum absolute atomic E-state index is 12.3. The zero-order valence-electron chi connectivity index (χ0n) is 12.4. The summed E-state index contributed by atoms with van der Waals surface area (Å²) in [6.07, 6.45) is 3.26. The predicted molar refractivity (Wildman–Crippen MR) is 77.8 cm³/mol. The van der Waals surface area contributed by atoms with E-state index in [-0.39, 0.29) is 10.6 Å². The molecule has 0 amide bonds. The van der Waals surface area contributed by atoms with E-state index in [2.05, 4.69) is 36.3 Å². The Morgan fingerprint density at radius 2 is 2.05 bits per heavy atom. The average Bonchev–Trinajstić information content (AvgIpc) is 2.90. The smallest absolute Gasteiger partial charge is 0.259 e. The Kier molecular flexibility index (Phi) is 4.51. The molecule has 0 unspecified atom stereocenters. The van der Waals surface area contributed by atoms with Gasteiger partial charge >= 0.3 is 0 Å². The fourth-order valence-electron chi connectivity index (χ4n) is 2.33. The summed E-state index contributed by atoms with van der Waals surface area (Å²) in [5, 5.41) is 9.93. The molecule has 0 aromatic carbocycles. The highest BCUT2D eigenvalue weighted by Gasteiger charge is 2.30. The van der Waals surface area contributed by atoms with Gasteiger partial charge in [-0.15, -0.1) is 0 Å². The highest BCUT2D eigenvalue weighted by atomic mass is 32.2. The molecule has 2 N–H and O–H groups in total. The van der Waals surface area contributed by atoms with Crippen molar-refractivity contribution in [3.8, 4) is 0 Å². The van der Waals surface area contributed by atoms with Gasteiger partial charge in [0.05, 0.1) is 6.20 Å². The summed E-state index contributed by atoms with van der Waals surface area (Å²) in [6.45, 7) is 8.54. The largest absolute Gasteiger partial charge is 0.312 e. The molecule has 7 heteroatoms. The van der Waals surface area contributed by atoms with Crippen molar-refractivity contribution < 1.29 is 8.42 Å². The van der Waals surface area contributed by atoms with E-state index in [0.717, 1.165) is 19.4 Å². The van der Waals surface area contributed by atoms with Crippen LogP contribution in [0.5, 0.6) is 0 Å². The van der Waals surface area contributed by atoms with Crippen molar-refractivity contribution in [2.24, 2.45) is 5.92 Å². The summed E-state index contributed by atoms with van der Waals surface area (Å²) < 4.78 is 26.2. The topological polar surface area (TPSA) is 78.1 Å². The van der Waals surface area contributed by atoms with E-state index in [1.807, 2.05) is 0 Å². The highest BCUT2D eigenvalue weighted by Crippen LogP contribution is 2.22. The lowest BCUT2D eigenvalue weighted by Crippen LogP contribution is -2.44. The zero-order chi connectivity index (χ0) is 14.8. The van der Waals surface area contributed by atoms with Crippen LogP contribution in [0.2, 0.25) is 0 Å². The maximum atomic E-state index is 12.3. The Morgan fingerprint density at radius 3 is 2.55 bits per heavy atom. The molecule has 2 heterocycles. The van der Waals surface area contributed by atoms with E-state index in [9.17, 15) is 8.42 Å². The molecule has 0 bridgehead atoms. The molecule has 0 saturated carbocycles. The second-order valence-corrected chi connectivity index (χ2v) is 8.31. The van der Waals surface area contributed by atoms with Gasteiger partial charge in [-0.3, -0.25) is 5.10 Å². The summed E-state index contributed by atoms with van der Waals surface area (Å²) in [5.74, 6) is 0.544. The minimum atomic E-state index is -3.39. The van der Waals surface area contributed by atoms with Gasteiger partial charge in [0.15, 0.2) is 5.03 Å². The lowest BCUT2D eigenvalue weighted by atomic mass is 9.97. The molecule has 1 saturated heterocycles. The SMILES string of the molecule is CC(C)(C)NCC1CCN(S(=O)(=O)c2ccn[nH]2)CC1. The summed E-state index contributed by atoms with van der Waals surface area (Å²) in [4.78, 5) is 0. The van der Waals surface area contributed by atoms with Crippen LogP contribution in [0.4, 0.5) is 0 Å². The number of piperidine rings is 1. The molecular weight excluding hydrogens is 276 g/mol. The van der Waals surface area contributed by atoms with Gasteiger partial charge in [0, 0.05) is 18.6 Å². The lowest BCUT2D eigenvalue weighted by Gasteiger charge is -2.32. The van der Waals surface area contributed by atoms with E-state index in [4.69, 9.17) is 0 Å². The van der Waals surface area contributed by atoms with Crippen LogP contribution in [0.1, 0.15) is 33.6 Å². The molecule has 1 aliphatic heterocycles. The third-order valence-electron chi connectivity index (χ3n) is 3.59. The molecule has 1 aromatic rings.